The summed E-state index contributed by atoms with van der Waals surface area (Å²) in [5.41, 5.74) is 1.56. The Bertz CT molecular complexity index is 444. The van der Waals surface area contributed by atoms with E-state index in [1.807, 2.05) is 11.8 Å². The van der Waals surface area contributed by atoms with Crippen LogP contribution in [0.2, 0.25) is 0 Å². The van der Waals surface area contributed by atoms with Crippen molar-refractivity contribution in [3.63, 3.8) is 0 Å². The SMILES string of the molecule is O=C(NCC1(CCl)CC1)c1cc2c(s1)CCSC2. The highest BCUT2D eigenvalue weighted by Crippen LogP contribution is 2.45. The van der Waals surface area contributed by atoms with Crippen molar-refractivity contribution in [2.24, 2.45) is 5.41 Å². The molecule has 98 valence electrons. The van der Waals surface area contributed by atoms with Gasteiger partial charge in [-0.3, -0.25) is 4.79 Å². The number of alkyl halides is 1. The molecular weight excluding hydrogens is 286 g/mol. The van der Waals surface area contributed by atoms with Crippen LogP contribution in [-0.4, -0.2) is 24.1 Å². The molecule has 1 fully saturated rings. The predicted molar refractivity (Wildman–Crippen MR) is 78.9 cm³/mol. The second-order valence-electron chi connectivity index (χ2n) is 5.18. The first-order chi connectivity index (χ1) is 8.72. The van der Waals surface area contributed by atoms with Crippen molar-refractivity contribution < 1.29 is 4.79 Å². The molecule has 1 aliphatic heterocycles. The quantitative estimate of drug-likeness (QED) is 0.865. The fourth-order valence-electron chi connectivity index (χ4n) is 2.15. The monoisotopic (exact) mass is 301 g/mol. The van der Waals surface area contributed by atoms with E-state index in [0.29, 0.717) is 5.88 Å². The van der Waals surface area contributed by atoms with Gasteiger partial charge in [-0.05, 0) is 36.6 Å². The second kappa shape index (κ2) is 5.06. The fourth-order valence-corrected chi connectivity index (χ4v) is 4.80. The van der Waals surface area contributed by atoms with Crippen LogP contribution in [0, 0.1) is 5.41 Å². The third kappa shape index (κ3) is 2.56. The summed E-state index contributed by atoms with van der Waals surface area (Å²) in [5, 5.41) is 3.04. The van der Waals surface area contributed by atoms with Crippen molar-refractivity contribution in [2.45, 2.75) is 25.0 Å². The number of hydrogen-bond donors (Lipinski definition) is 1. The average molecular weight is 302 g/mol. The number of hydrogen-bond acceptors (Lipinski definition) is 3. The second-order valence-corrected chi connectivity index (χ2v) is 7.69. The van der Waals surface area contributed by atoms with E-state index in [9.17, 15) is 4.79 Å². The van der Waals surface area contributed by atoms with Crippen molar-refractivity contribution in [2.75, 3.05) is 18.2 Å². The highest BCUT2D eigenvalue weighted by Gasteiger charge is 2.41. The first-order valence-electron chi connectivity index (χ1n) is 6.26. The third-order valence-corrected chi connectivity index (χ3v) is 6.53. The number of amides is 1. The Morgan fingerprint density at radius 3 is 3.00 bits per heavy atom. The molecule has 0 saturated heterocycles. The van der Waals surface area contributed by atoms with Crippen LogP contribution in [0.25, 0.3) is 0 Å². The number of aryl methyl sites for hydroxylation is 1. The summed E-state index contributed by atoms with van der Waals surface area (Å²) in [5.74, 6) is 2.98. The van der Waals surface area contributed by atoms with Gasteiger partial charge in [-0.25, -0.2) is 0 Å². The number of carbonyl (C=O) groups is 1. The molecule has 0 bridgehead atoms. The Morgan fingerprint density at radius 1 is 1.50 bits per heavy atom. The largest absolute Gasteiger partial charge is 0.351 e. The molecule has 1 amide bonds. The molecule has 0 radical (unpaired) electrons. The van der Waals surface area contributed by atoms with E-state index >= 15 is 0 Å². The number of nitrogens with one attached hydrogen (secondary N) is 1. The number of carbonyl (C=O) groups excluding carboxylic acids is 1. The van der Waals surface area contributed by atoms with Crippen LogP contribution in [0.5, 0.6) is 0 Å². The predicted octanol–water partition coefficient (Wildman–Crippen LogP) is 3.29. The van der Waals surface area contributed by atoms with Crippen LogP contribution in [0.3, 0.4) is 0 Å². The summed E-state index contributed by atoms with van der Waals surface area (Å²) in [6.07, 6.45) is 3.41. The number of thiophene rings is 1. The van der Waals surface area contributed by atoms with Gasteiger partial charge in [0.2, 0.25) is 0 Å². The van der Waals surface area contributed by atoms with E-state index in [2.05, 4.69) is 11.4 Å². The number of halogens is 1. The number of rotatable bonds is 4. The van der Waals surface area contributed by atoms with Gasteiger partial charge in [0.25, 0.3) is 5.91 Å². The normalized spacial score (nSPS) is 20.3. The summed E-state index contributed by atoms with van der Waals surface area (Å²) >= 11 is 9.53. The molecule has 5 heteroatoms. The Hall–Kier alpha value is -0.190. The third-order valence-electron chi connectivity index (χ3n) is 3.72. The minimum absolute atomic E-state index is 0.0794. The Labute approximate surface area is 120 Å². The van der Waals surface area contributed by atoms with E-state index < -0.39 is 0 Å². The maximum Gasteiger partial charge on any atom is 0.261 e. The molecule has 2 aliphatic rings. The van der Waals surface area contributed by atoms with Crippen LogP contribution in [0.15, 0.2) is 6.07 Å². The molecule has 18 heavy (non-hydrogen) atoms. The summed E-state index contributed by atoms with van der Waals surface area (Å²) < 4.78 is 0. The van der Waals surface area contributed by atoms with E-state index in [0.717, 1.165) is 36.4 Å². The van der Waals surface area contributed by atoms with E-state index in [-0.39, 0.29) is 11.3 Å². The lowest BCUT2D eigenvalue weighted by Gasteiger charge is -2.11. The summed E-state index contributed by atoms with van der Waals surface area (Å²) in [4.78, 5) is 14.4. The van der Waals surface area contributed by atoms with Crippen molar-refractivity contribution in [1.29, 1.82) is 0 Å². The van der Waals surface area contributed by atoms with Crippen LogP contribution in [0.1, 0.15) is 33.0 Å². The highest BCUT2D eigenvalue weighted by atomic mass is 35.5. The van der Waals surface area contributed by atoms with Crippen molar-refractivity contribution in [3.05, 3.63) is 21.4 Å². The standard InChI is InChI=1S/C13H16ClNOS2/c14-7-13(2-3-13)8-15-12(16)11-5-9-6-17-4-1-10(9)18-11/h5H,1-4,6-8H2,(H,15,16). The average Bonchev–Trinajstić information content (AvgIpc) is 3.05. The Morgan fingerprint density at radius 2 is 2.33 bits per heavy atom. The van der Waals surface area contributed by atoms with Gasteiger partial charge < -0.3 is 5.32 Å². The van der Waals surface area contributed by atoms with Crippen molar-refractivity contribution >= 4 is 40.6 Å². The molecule has 1 saturated carbocycles. The van der Waals surface area contributed by atoms with Gasteiger partial charge >= 0.3 is 0 Å². The van der Waals surface area contributed by atoms with Crippen molar-refractivity contribution in [1.82, 2.24) is 5.32 Å². The van der Waals surface area contributed by atoms with Gasteiger partial charge in [0.1, 0.15) is 0 Å². The molecule has 1 aromatic rings. The van der Waals surface area contributed by atoms with Gasteiger partial charge in [-0.1, -0.05) is 0 Å². The summed E-state index contributed by atoms with van der Waals surface area (Å²) in [6.45, 7) is 0.729. The molecule has 1 aliphatic carbocycles. The van der Waals surface area contributed by atoms with E-state index in [1.54, 1.807) is 11.3 Å². The van der Waals surface area contributed by atoms with Crippen LogP contribution in [0.4, 0.5) is 0 Å². The molecule has 0 spiro atoms. The minimum atomic E-state index is 0.0794. The van der Waals surface area contributed by atoms with Crippen LogP contribution in [-0.2, 0) is 12.2 Å². The van der Waals surface area contributed by atoms with Gasteiger partial charge in [0.05, 0.1) is 4.88 Å². The Balaban J connectivity index is 1.63. The zero-order chi connectivity index (χ0) is 12.6. The van der Waals surface area contributed by atoms with Gasteiger partial charge in [-0.15, -0.1) is 22.9 Å². The first kappa shape index (κ1) is 12.8. The maximum atomic E-state index is 12.1. The Kier molecular flexibility index (Phi) is 3.61. The lowest BCUT2D eigenvalue weighted by atomic mass is 10.1. The van der Waals surface area contributed by atoms with Crippen LogP contribution >= 0.6 is 34.7 Å². The molecule has 2 nitrogen and oxygen atoms in total. The summed E-state index contributed by atoms with van der Waals surface area (Å²) in [6, 6.07) is 2.07. The lowest BCUT2D eigenvalue weighted by Crippen LogP contribution is -2.30. The zero-order valence-electron chi connectivity index (χ0n) is 10.1. The zero-order valence-corrected chi connectivity index (χ0v) is 12.5. The lowest BCUT2D eigenvalue weighted by molar-refractivity contribution is 0.0950. The summed E-state index contributed by atoms with van der Waals surface area (Å²) in [7, 11) is 0. The first-order valence-corrected chi connectivity index (χ1v) is 8.76. The van der Waals surface area contributed by atoms with E-state index in [1.165, 1.54) is 16.2 Å². The van der Waals surface area contributed by atoms with E-state index in [4.69, 9.17) is 11.6 Å². The maximum absolute atomic E-state index is 12.1. The molecule has 1 N–H and O–H groups in total. The minimum Gasteiger partial charge on any atom is -0.351 e. The highest BCUT2D eigenvalue weighted by molar-refractivity contribution is 7.98. The molecule has 0 unspecified atom stereocenters. The number of fused-ring (bicyclic) bond motifs is 1. The number of thioether (sulfide) groups is 1. The van der Waals surface area contributed by atoms with Crippen molar-refractivity contribution in [3.8, 4) is 0 Å². The molecule has 1 aromatic heterocycles. The van der Waals surface area contributed by atoms with Gasteiger partial charge in [-0.2, -0.15) is 11.8 Å². The smallest absolute Gasteiger partial charge is 0.261 e. The molecular formula is C13H16ClNOS2. The van der Waals surface area contributed by atoms with Gasteiger partial charge in [0, 0.05) is 28.5 Å². The topological polar surface area (TPSA) is 29.1 Å². The fraction of sp³-hybridized carbons (Fsp3) is 0.615. The molecule has 0 aromatic carbocycles. The van der Waals surface area contributed by atoms with Crippen LogP contribution < -0.4 is 5.32 Å². The molecule has 3 rings (SSSR count). The molecule has 2 heterocycles. The van der Waals surface area contributed by atoms with Gasteiger partial charge in [0.15, 0.2) is 0 Å². The molecule has 0 atom stereocenters.